The van der Waals surface area contributed by atoms with Gasteiger partial charge in [-0.2, -0.15) is 0 Å². The molecular formula is C16H8BrClFIO2. The third-order valence-corrected chi connectivity index (χ3v) is 4.95. The van der Waals surface area contributed by atoms with E-state index in [1.54, 1.807) is 24.3 Å². The van der Waals surface area contributed by atoms with Crippen LogP contribution in [0.25, 0.3) is 6.08 Å². The van der Waals surface area contributed by atoms with Crippen molar-refractivity contribution in [1.29, 1.82) is 0 Å². The molecule has 0 unspecified atom stereocenters. The molecule has 0 saturated heterocycles. The number of ketones is 1. The van der Waals surface area contributed by atoms with Crippen LogP contribution in [0.2, 0.25) is 5.02 Å². The summed E-state index contributed by atoms with van der Waals surface area (Å²) in [6.07, 6.45) is 1.77. The first-order valence-corrected chi connectivity index (χ1v) is 8.53. The van der Waals surface area contributed by atoms with Gasteiger partial charge in [-0.3, -0.25) is 4.79 Å². The van der Waals surface area contributed by atoms with Gasteiger partial charge in [0.15, 0.2) is 5.78 Å². The summed E-state index contributed by atoms with van der Waals surface area (Å²) in [5.74, 6) is -0.585. The molecule has 3 rings (SSSR count). The van der Waals surface area contributed by atoms with Crippen molar-refractivity contribution in [3.05, 3.63) is 65.4 Å². The monoisotopic (exact) mass is 492 g/mol. The fraction of sp³-hybridized carbons (Fsp3) is 0.0625. The van der Waals surface area contributed by atoms with Gasteiger partial charge in [0.1, 0.15) is 11.6 Å². The number of rotatable bonds is 1. The number of halogens is 4. The molecule has 0 bridgehead atoms. The summed E-state index contributed by atoms with van der Waals surface area (Å²) >= 11 is 11.1. The van der Waals surface area contributed by atoms with E-state index in [0.717, 1.165) is 0 Å². The van der Waals surface area contributed by atoms with Crippen LogP contribution in [-0.4, -0.2) is 10.9 Å². The fourth-order valence-corrected chi connectivity index (χ4v) is 3.92. The van der Waals surface area contributed by atoms with Gasteiger partial charge in [0.2, 0.25) is 0 Å². The van der Waals surface area contributed by atoms with E-state index in [1.165, 1.54) is 6.07 Å². The van der Waals surface area contributed by atoms with Crippen molar-refractivity contribution in [2.45, 2.75) is 6.42 Å². The Morgan fingerprint density at radius 2 is 2.05 bits per heavy atom. The number of hydrogen-bond acceptors (Lipinski definition) is 2. The van der Waals surface area contributed by atoms with Crippen LogP contribution >= 0.6 is 50.1 Å². The molecule has 0 aromatic heterocycles. The minimum absolute atomic E-state index is 0.0582. The SMILES string of the molecule is O=C1/C(=C/c2cc(Cl)cc(I)c2O)Cc2c(F)cc(Br)cc21. The largest absolute Gasteiger partial charge is 0.506 e. The lowest BCUT2D eigenvalue weighted by Gasteiger charge is -2.04. The first-order chi connectivity index (χ1) is 10.4. The maximum Gasteiger partial charge on any atom is 0.189 e. The van der Waals surface area contributed by atoms with E-state index in [-0.39, 0.29) is 18.0 Å². The number of Topliss-reactive ketones (excluding diaryl/α,β-unsaturated/α-hetero) is 1. The standard InChI is InChI=1S/C16H8BrClFIO2/c17-9-4-12-11(13(19)5-9)3-8(15(12)21)1-7-2-10(18)6-14(20)16(7)22/h1-2,4-6,22H,3H2/b8-1+. The molecule has 0 spiro atoms. The van der Waals surface area contributed by atoms with Gasteiger partial charge in [-0.25, -0.2) is 4.39 Å². The normalized spacial score (nSPS) is 15.5. The lowest BCUT2D eigenvalue weighted by molar-refractivity contribution is 0.104. The first-order valence-electron chi connectivity index (χ1n) is 6.28. The topological polar surface area (TPSA) is 37.3 Å². The molecule has 0 aliphatic heterocycles. The number of aromatic hydroxyl groups is 1. The van der Waals surface area contributed by atoms with Gasteiger partial charge in [0, 0.05) is 38.2 Å². The van der Waals surface area contributed by atoms with Crippen molar-refractivity contribution < 1.29 is 14.3 Å². The molecule has 1 aliphatic carbocycles. The van der Waals surface area contributed by atoms with Gasteiger partial charge >= 0.3 is 0 Å². The molecule has 2 nitrogen and oxygen atoms in total. The van der Waals surface area contributed by atoms with Gasteiger partial charge in [-0.1, -0.05) is 27.5 Å². The second kappa shape index (κ2) is 5.94. The van der Waals surface area contributed by atoms with Crippen LogP contribution in [0.15, 0.2) is 34.3 Å². The van der Waals surface area contributed by atoms with Crippen LogP contribution < -0.4 is 0 Å². The molecule has 0 fully saturated rings. The highest BCUT2D eigenvalue weighted by Gasteiger charge is 2.28. The Hall–Kier alpha value is -0.920. The lowest BCUT2D eigenvalue weighted by atomic mass is 10.1. The molecule has 2 aromatic rings. The van der Waals surface area contributed by atoms with E-state index in [1.807, 2.05) is 22.6 Å². The maximum atomic E-state index is 14.0. The van der Waals surface area contributed by atoms with Gasteiger partial charge < -0.3 is 5.11 Å². The Balaban J connectivity index is 2.09. The predicted molar refractivity (Wildman–Crippen MR) is 95.9 cm³/mol. The van der Waals surface area contributed by atoms with E-state index < -0.39 is 5.82 Å². The zero-order valence-corrected chi connectivity index (χ0v) is 15.5. The summed E-state index contributed by atoms with van der Waals surface area (Å²) in [5, 5.41) is 10.5. The molecule has 0 heterocycles. The first kappa shape index (κ1) is 16.0. The van der Waals surface area contributed by atoms with Crippen molar-refractivity contribution in [2.75, 3.05) is 0 Å². The van der Waals surface area contributed by atoms with Gasteiger partial charge in [0.25, 0.3) is 0 Å². The van der Waals surface area contributed by atoms with Crippen LogP contribution in [0, 0.1) is 9.39 Å². The third-order valence-electron chi connectivity index (χ3n) is 3.45. The van der Waals surface area contributed by atoms with Gasteiger partial charge in [-0.15, -0.1) is 0 Å². The van der Waals surface area contributed by atoms with Crippen LogP contribution in [-0.2, 0) is 6.42 Å². The number of benzene rings is 2. The zero-order valence-electron chi connectivity index (χ0n) is 11.0. The number of allylic oxidation sites excluding steroid dienone is 1. The van der Waals surface area contributed by atoms with E-state index in [2.05, 4.69) is 15.9 Å². The highest BCUT2D eigenvalue weighted by atomic mass is 127. The molecular weight excluding hydrogens is 485 g/mol. The summed E-state index contributed by atoms with van der Waals surface area (Å²) in [7, 11) is 0. The average molecular weight is 493 g/mol. The van der Waals surface area contributed by atoms with E-state index >= 15 is 0 Å². The quantitative estimate of drug-likeness (QED) is 0.428. The molecule has 112 valence electrons. The van der Waals surface area contributed by atoms with E-state index in [0.29, 0.717) is 35.3 Å². The number of phenols is 1. The molecule has 0 atom stereocenters. The Bertz CT molecular complexity index is 849. The van der Waals surface area contributed by atoms with Crippen molar-refractivity contribution in [3.63, 3.8) is 0 Å². The summed E-state index contributed by atoms with van der Waals surface area (Å²) in [6, 6.07) is 6.16. The third kappa shape index (κ3) is 2.81. The highest BCUT2D eigenvalue weighted by Crippen LogP contribution is 2.35. The summed E-state index contributed by atoms with van der Waals surface area (Å²) in [6.45, 7) is 0. The smallest absolute Gasteiger partial charge is 0.189 e. The molecule has 0 saturated carbocycles. The summed E-state index contributed by atoms with van der Waals surface area (Å²) in [4.78, 5) is 12.4. The molecule has 0 radical (unpaired) electrons. The van der Waals surface area contributed by atoms with Crippen molar-refractivity contribution in [3.8, 4) is 5.75 Å². The molecule has 1 aliphatic rings. The molecule has 1 N–H and O–H groups in total. The van der Waals surface area contributed by atoms with Gasteiger partial charge in [-0.05, 0) is 52.9 Å². The van der Waals surface area contributed by atoms with Crippen LogP contribution in [0.4, 0.5) is 4.39 Å². The molecule has 6 heteroatoms. The minimum atomic E-state index is -0.411. The number of hydrogen-bond donors (Lipinski definition) is 1. The van der Waals surface area contributed by atoms with Gasteiger partial charge in [0.05, 0.1) is 3.57 Å². The van der Waals surface area contributed by atoms with Crippen molar-refractivity contribution >= 4 is 62.0 Å². The van der Waals surface area contributed by atoms with E-state index in [9.17, 15) is 14.3 Å². The Kier molecular flexibility index (Phi) is 4.31. The molecule has 2 aromatic carbocycles. The Labute approximate surface area is 153 Å². The number of carbonyl (C=O) groups is 1. The fourth-order valence-electron chi connectivity index (χ4n) is 2.43. The van der Waals surface area contributed by atoms with Crippen LogP contribution in [0.5, 0.6) is 5.75 Å². The number of carbonyl (C=O) groups excluding carboxylic acids is 1. The number of fused-ring (bicyclic) bond motifs is 1. The summed E-state index contributed by atoms with van der Waals surface area (Å²) < 4.78 is 15.1. The van der Waals surface area contributed by atoms with Crippen molar-refractivity contribution in [2.24, 2.45) is 0 Å². The maximum absolute atomic E-state index is 14.0. The van der Waals surface area contributed by atoms with Crippen LogP contribution in [0.3, 0.4) is 0 Å². The minimum Gasteiger partial charge on any atom is -0.506 e. The van der Waals surface area contributed by atoms with Crippen molar-refractivity contribution in [1.82, 2.24) is 0 Å². The molecule has 0 amide bonds. The van der Waals surface area contributed by atoms with E-state index in [4.69, 9.17) is 11.6 Å². The van der Waals surface area contributed by atoms with Crippen LogP contribution in [0.1, 0.15) is 21.5 Å². The zero-order chi connectivity index (χ0) is 16.0. The highest BCUT2D eigenvalue weighted by molar-refractivity contribution is 14.1. The summed E-state index contributed by atoms with van der Waals surface area (Å²) in [5.41, 5.74) is 1.62. The second-order valence-corrected chi connectivity index (χ2v) is 7.43. The average Bonchev–Trinajstić information content (AvgIpc) is 2.73. The number of phenolic OH excluding ortho intramolecular Hbond substituents is 1. The predicted octanol–water partition coefficient (Wildman–Crippen LogP) is 5.37. The Morgan fingerprint density at radius 3 is 2.77 bits per heavy atom. The molecule has 22 heavy (non-hydrogen) atoms. The Morgan fingerprint density at radius 1 is 1.32 bits per heavy atom. The second-order valence-electron chi connectivity index (χ2n) is 4.91. The lowest BCUT2D eigenvalue weighted by Crippen LogP contribution is -1.96.